The SMILES string of the molecule is N#Cc1cnc2sc(C#Cc3cccnc3)cc2c1Nc1cccc2[nH]ccc12. The summed E-state index contributed by atoms with van der Waals surface area (Å²) in [6.07, 6.45) is 6.97. The van der Waals surface area contributed by atoms with Crippen LogP contribution in [0.5, 0.6) is 0 Å². The molecule has 4 heterocycles. The monoisotopic (exact) mass is 391 g/mol. The Balaban J connectivity index is 1.61. The molecule has 29 heavy (non-hydrogen) atoms. The molecule has 0 saturated carbocycles. The Morgan fingerprint density at radius 2 is 2.00 bits per heavy atom. The molecule has 0 fully saturated rings. The number of thiophene rings is 1. The Labute approximate surface area is 170 Å². The van der Waals surface area contributed by atoms with Crippen LogP contribution in [-0.2, 0) is 0 Å². The highest BCUT2D eigenvalue weighted by Crippen LogP contribution is 2.35. The fourth-order valence-electron chi connectivity index (χ4n) is 3.17. The van der Waals surface area contributed by atoms with Gasteiger partial charge in [-0.15, -0.1) is 11.3 Å². The van der Waals surface area contributed by atoms with E-state index in [4.69, 9.17) is 0 Å². The van der Waals surface area contributed by atoms with E-state index >= 15 is 0 Å². The van der Waals surface area contributed by atoms with Crippen LogP contribution in [0, 0.1) is 23.2 Å². The van der Waals surface area contributed by atoms with Gasteiger partial charge in [0.05, 0.1) is 16.1 Å². The molecule has 0 bridgehead atoms. The van der Waals surface area contributed by atoms with Gasteiger partial charge in [-0.1, -0.05) is 17.9 Å². The van der Waals surface area contributed by atoms with Gasteiger partial charge < -0.3 is 10.3 Å². The zero-order valence-corrected chi connectivity index (χ0v) is 15.9. The van der Waals surface area contributed by atoms with E-state index in [2.05, 4.69) is 38.2 Å². The zero-order chi connectivity index (χ0) is 19.6. The molecule has 0 saturated heterocycles. The number of nitriles is 1. The summed E-state index contributed by atoms with van der Waals surface area (Å²) in [5, 5.41) is 15.0. The lowest BCUT2D eigenvalue weighted by molar-refractivity contribution is 1.31. The van der Waals surface area contributed by atoms with Gasteiger partial charge in [-0.05, 0) is 36.4 Å². The number of aromatic nitrogens is 3. The molecule has 0 aliphatic carbocycles. The number of anilines is 2. The van der Waals surface area contributed by atoms with Crippen LogP contribution >= 0.6 is 11.3 Å². The molecule has 0 amide bonds. The van der Waals surface area contributed by atoms with E-state index in [-0.39, 0.29) is 0 Å². The van der Waals surface area contributed by atoms with Gasteiger partial charge in [0.25, 0.3) is 0 Å². The Kier molecular flexibility index (Phi) is 4.18. The predicted octanol–water partition coefficient (Wildman–Crippen LogP) is 5.19. The van der Waals surface area contributed by atoms with Gasteiger partial charge in [0, 0.05) is 52.3 Å². The summed E-state index contributed by atoms with van der Waals surface area (Å²) in [6, 6.07) is 16.0. The summed E-state index contributed by atoms with van der Waals surface area (Å²) < 4.78 is 0. The standard InChI is InChI=1S/C23H13N5S/c24-12-16-14-27-23-19(11-17(29-23)7-6-15-3-2-9-25-13-15)22(16)28-21-5-1-4-20-18(21)8-10-26-20/h1-5,8-11,13-14,26H,(H,27,28). The first-order valence-electron chi connectivity index (χ1n) is 8.89. The number of fused-ring (bicyclic) bond motifs is 2. The van der Waals surface area contributed by atoms with Gasteiger partial charge in [0.15, 0.2) is 0 Å². The van der Waals surface area contributed by atoms with Gasteiger partial charge >= 0.3 is 0 Å². The second-order valence-electron chi connectivity index (χ2n) is 6.35. The quantitative estimate of drug-likeness (QED) is 0.406. The molecule has 2 N–H and O–H groups in total. The largest absolute Gasteiger partial charge is 0.361 e. The number of nitrogens with zero attached hydrogens (tertiary/aromatic N) is 3. The predicted molar refractivity (Wildman–Crippen MR) is 116 cm³/mol. The average Bonchev–Trinajstić information content (AvgIpc) is 3.40. The van der Waals surface area contributed by atoms with Crippen LogP contribution in [0.15, 0.2) is 67.3 Å². The van der Waals surface area contributed by atoms with Crippen molar-refractivity contribution in [2.24, 2.45) is 0 Å². The van der Waals surface area contributed by atoms with Crippen molar-refractivity contribution in [2.45, 2.75) is 0 Å². The first-order valence-corrected chi connectivity index (χ1v) is 9.71. The number of aromatic amines is 1. The smallest absolute Gasteiger partial charge is 0.126 e. The highest BCUT2D eigenvalue weighted by molar-refractivity contribution is 7.19. The minimum atomic E-state index is 0.495. The second kappa shape index (κ2) is 7.12. The van der Waals surface area contributed by atoms with Crippen LogP contribution in [0.1, 0.15) is 16.0 Å². The Bertz CT molecular complexity index is 1450. The topological polar surface area (TPSA) is 77.4 Å². The van der Waals surface area contributed by atoms with E-state index < -0.39 is 0 Å². The molecule has 0 radical (unpaired) electrons. The lowest BCUT2D eigenvalue weighted by Crippen LogP contribution is -1.95. The zero-order valence-electron chi connectivity index (χ0n) is 15.1. The number of nitrogens with one attached hydrogen (secondary N) is 2. The van der Waals surface area contributed by atoms with Crippen LogP contribution in [0.2, 0.25) is 0 Å². The number of benzene rings is 1. The van der Waals surface area contributed by atoms with Crippen molar-refractivity contribution in [2.75, 3.05) is 5.32 Å². The number of hydrogen-bond donors (Lipinski definition) is 2. The average molecular weight is 391 g/mol. The number of H-pyrrole nitrogens is 1. The summed E-state index contributed by atoms with van der Waals surface area (Å²) in [7, 11) is 0. The van der Waals surface area contributed by atoms with Crippen molar-refractivity contribution in [1.29, 1.82) is 5.26 Å². The lowest BCUT2D eigenvalue weighted by atomic mass is 10.1. The minimum Gasteiger partial charge on any atom is -0.361 e. The normalized spacial score (nSPS) is 10.4. The highest BCUT2D eigenvalue weighted by atomic mass is 32.1. The Morgan fingerprint density at radius 1 is 1.03 bits per heavy atom. The van der Waals surface area contributed by atoms with E-state index in [1.54, 1.807) is 18.6 Å². The van der Waals surface area contributed by atoms with Gasteiger partial charge in [-0.25, -0.2) is 4.98 Å². The van der Waals surface area contributed by atoms with E-state index in [0.717, 1.165) is 42.9 Å². The molecule has 5 aromatic rings. The molecule has 0 atom stereocenters. The first kappa shape index (κ1) is 17.0. The van der Waals surface area contributed by atoms with Crippen LogP contribution < -0.4 is 5.32 Å². The third kappa shape index (κ3) is 3.19. The Hall–Kier alpha value is -4.13. The third-order valence-electron chi connectivity index (χ3n) is 4.53. The maximum absolute atomic E-state index is 9.62. The van der Waals surface area contributed by atoms with E-state index in [1.165, 1.54) is 11.3 Å². The van der Waals surface area contributed by atoms with Crippen molar-refractivity contribution >= 4 is 43.8 Å². The van der Waals surface area contributed by atoms with Gasteiger partial charge in [-0.2, -0.15) is 5.26 Å². The van der Waals surface area contributed by atoms with E-state index in [0.29, 0.717) is 5.56 Å². The molecule has 5 rings (SSSR count). The van der Waals surface area contributed by atoms with Gasteiger partial charge in [-0.3, -0.25) is 4.98 Å². The lowest BCUT2D eigenvalue weighted by Gasteiger charge is -2.10. The molecule has 1 aromatic carbocycles. The molecular formula is C23H13N5S. The molecule has 0 unspecified atom stereocenters. The van der Waals surface area contributed by atoms with Crippen LogP contribution in [0.4, 0.5) is 11.4 Å². The van der Waals surface area contributed by atoms with Crippen molar-refractivity contribution in [3.8, 4) is 17.9 Å². The Morgan fingerprint density at radius 3 is 2.86 bits per heavy atom. The maximum atomic E-state index is 9.62. The van der Waals surface area contributed by atoms with Crippen LogP contribution in [-0.4, -0.2) is 15.0 Å². The van der Waals surface area contributed by atoms with Crippen LogP contribution in [0.3, 0.4) is 0 Å². The molecule has 136 valence electrons. The molecule has 5 nitrogen and oxygen atoms in total. The van der Waals surface area contributed by atoms with E-state index in [1.807, 2.05) is 48.7 Å². The van der Waals surface area contributed by atoms with Crippen molar-refractivity contribution in [3.05, 3.63) is 83.3 Å². The molecule has 0 spiro atoms. The maximum Gasteiger partial charge on any atom is 0.126 e. The van der Waals surface area contributed by atoms with Crippen molar-refractivity contribution < 1.29 is 0 Å². The first-order chi connectivity index (χ1) is 14.3. The summed E-state index contributed by atoms with van der Waals surface area (Å²) in [5.41, 5.74) is 4.06. The molecule has 0 aliphatic heterocycles. The summed E-state index contributed by atoms with van der Waals surface area (Å²) >= 11 is 1.51. The minimum absolute atomic E-state index is 0.495. The highest BCUT2D eigenvalue weighted by Gasteiger charge is 2.13. The van der Waals surface area contributed by atoms with Gasteiger partial charge in [0.2, 0.25) is 0 Å². The van der Waals surface area contributed by atoms with E-state index in [9.17, 15) is 5.26 Å². The summed E-state index contributed by atoms with van der Waals surface area (Å²) in [6.45, 7) is 0. The fourth-order valence-corrected chi connectivity index (χ4v) is 4.03. The number of rotatable bonds is 2. The number of pyridine rings is 2. The van der Waals surface area contributed by atoms with Crippen molar-refractivity contribution in [1.82, 2.24) is 15.0 Å². The van der Waals surface area contributed by atoms with Crippen molar-refractivity contribution in [3.63, 3.8) is 0 Å². The van der Waals surface area contributed by atoms with Crippen LogP contribution in [0.25, 0.3) is 21.1 Å². The summed E-state index contributed by atoms with van der Waals surface area (Å²) in [5.74, 6) is 6.30. The summed E-state index contributed by atoms with van der Waals surface area (Å²) in [4.78, 5) is 13.5. The fraction of sp³-hybridized carbons (Fsp3) is 0. The number of hydrogen-bond acceptors (Lipinski definition) is 5. The second-order valence-corrected chi connectivity index (χ2v) is 7.38. The third-order valence-corrected chi connectivity index (χ3v) is 5.49. The molecular weight excluding hydrogens is 378 g/mol. The molecule has 0 aliphatic rings. The van der Waals surface area contributed by atoms with Gasteiger partial charge in [0.1, 0.15) is 10.9 Å². The molecule has 6 heteroatoms. The molecule has 4 aromatic heterocycles.